The highest BCUT2D eigenvalue weighted by Gasteiger charge is 2.59. The first kappa shape index (κ1) is 20.5. The van der Waals surface area contributed by atoms with E-state index in [9.17, 15) is 4.79 Å². The summed E-state index contributed by atoms with van der Waals surface area (Å²) in [6.45, 7) is 10.8. The van der Waals surface area contributed by atoms with Crippen LogP contribution in [0.25, 0.3) is 0 Å². The molecule has 166 valence electrons. The molecule has 6 heteroatoms. The maximum Gasteiger partial charge on any atom is 0.220 e. The summed E-state index contributed by atoms with van der Waals surface area (Å²) in [4.78, 5) is 15.5. The van der Waals surface area contributed by atoms with Gasteiger partial charge < -0.3 is 10.1 Å². The molecule has 4 saturated carbocycles. The van der Waals surface area contributed by atoms with Gasteiger partial charge >= 0.3 is 0 Å². The van der Waals surface area contributed by atoms with Gasteiger partial charge in [0.15, 0.2) is 0 Å². The van der Waals surface area contributed by atoms with Crippen LogP contribution >= 0.6 is 0 Å². The molecule has 1 amide bonds. The Hall–Kier alpha value is -1.40. The Balaban J connectivity index is 1.27. The Morgan fingerprint density at radius 1 is 1.23 bits per heavy atom. The van der Waals surface area contributed by atoms with Crippen LogP contribution in [0.1, 0.15) is 68.8 Å². The van der Waals surface area contributed by atoms with E-state index in [4.69, 9.17) is 4.74 Å². The van der Waals surface area contributed by atoms with Crippen LogP contribution in [0, 0.1) is 31.1 Å². The van der Waals surface area contributed by atoms with E-state index in [1.54, 1.807) is 0 Å². The molecule has 5 aliphatic rings. The lowest BCUT2D eigenvalue weighted by Crippen LogP contribution is -2.55. The molecule has 6 rings (SSSR count). The molecule has 4 bridgehead atoms. The lowest BCUT2D eigenvalue weighted by atomic mass is 9.42. The monoisotopic (exact) mass is 414 g/mol. The van der Waals surface area contributed by atoms with E-state index in [0.717, 1.165) is 44.7 Å². The van der Waals surface area contributed by atoms with Crippen molar-refractivity contribution in [2.24, 2.45) is 17.3 Å². The summed E-state index contributed by atoms with van der Waals surface area (Å²) in [5.41, 5.74) is 4.32. The maximum absolute atomic E-state index is 13.1. The van der Waals surface area contributed by atoms with Gasteiger partial charge in [0.25, 0.3) is 0 Å². The third-order valence-corrected chi connectivity index (χ3v) is 8.64. The first-order chi connectivity index (χ1) is 14.4. The number of carbonyl (C=O) groups excluding carboxylic acids is 1. The van der Waals surface area contributed by atoms with Gasteiger partial charge in [-0.3, -0.25) is 14.8 Å². The van der Waals surface area contributed by atoms with Gasteiger partial charge in [0.1, 0.15) is 0 Å². The number of amides is 1. The molecule has 2 N–H and O–H groups in total. The number of rotatable bonds is 6. The summed E-state index contributed by atoms with van der Waals surface area (Å²) in [5, 5.41) is 11.1. The summed E-state index contributed by atoms with van der Waals surface area (Å²) in [6.07, 6.45) is 8.31. The normalized spacial score (nSPS) is 36.8. The highest BCUT2D eigenvalue weighted by Crippen LogP contribution is 2.67. The second kappa shape index (κ2) is 7.63. The summed E-state index contributed by atoms with van der Waals surface area (Å²) >= 11 is 0. The lowest BCUT2D eigenvalue weighted by Gasteiger charge is -2.62. The summed E-state index contributed by atoms with van der Waals surface area (Å²) in [7, 11) is 0. The maximum atomic E-state index is 13.1. The van der Waals surface area contributed by atoms with Crippen LogP contribution in [-0.2, 0) is 14.9 Å². The van der Waals surface area contributed by atoms with E-state index in [2.05, 4.69) is 41.2 Å². The minimum atomic E-state index is 0.187. The number of hydrogen-bond donors (Lipinski definition) is 2. The molecule has 1 aliphatic heterocycles. The Labute approximate surface area is 180 Å². The number of ether oxygens (including phenoxy) is 1. The molecule has 1 saturated heterocycles. The zero-order valence-electron chi connectivity index (χ0n) is 18.9. The molecule has 1 aromatic rings. The standard InChI is InChI=1S/C24H38N4O2/c1-16(28-4-6-30-7-5-28)14-25-21(29)13-23-9-19-8-20(10-23)12-24(11-19,15-23)22-17(2)26-27-18(22)3/h16,19-20H,4-15H2,1-3H3,(H,25,29)(H,26,27). The highest BCUT2D eigenvalue weighted by molar-refractivity contribution is 5.77. The molecule has 5 fully saturated rings. The van der Waals surface area contributed by atoms with E-state index in [1.165, 1.54) is 55.5 Å². The number of aromatic nitrogens is 2. The van der Waals surface area contributed by atoms with Crippen LogP contribution in [0.2, 0.25) is 0 Å². The molecule has 2 heterocycles. The largest absolute Gasteiger partial charge is 0.379 e. The van der Waals surface area contributed by atoms with E-state index in [-0.39, 0.29) is 16.7 Å². The summed E-state index contributed by atoms with van der Waals surface area (Å²) < 4.78 is 5.46. The van der Waals surface area contributed by atoms with Crippen molar-refractivity contribution in [1.82, 2.24) is 20.4 Å². The molecule has 4 aliphatic carbocycles. The molecule has 3 atom stereocenters. The molecule has 30 heavy (non-hydrogen) atoms. The van der Waals surface area contributed by atoms with Crippen LogP contribution in [-0.4, -0.2) is 59.9 Å². The third kappa shape index (κ3) is 3.60. The average Bonchev–Trinajstić information content (AvgIpc) is 3.04. The predicted molar refractivity (Wildman–Crippen MR) is 116 cm³/mol. The van der Waals surface area contributed by atoms with Crippen molar-refractivity contribution in [2.45, 2.75) is 77.2 Å². The van der Waals surface area contributed by atoms with Gasteiger partial charge in [-0.05, 0) is 76.5 Å². The van der Waals surface area contributed by atoms with Gasteiger partial charge in [-0.15, -0.1) is 0 Å². The highest BCUT2D eigenvalue weighted by atomic mass is 16.5. The van der Waals surface area contributed by atoms with Gasteiger partial charge in [-0.25, -0.2) is 0 Å². The molecular formula is C24H38N4O2. The van der Waals surface area contributed by atoms with E-state index in [0.29, 0.717) is 12.5 Å². The van der Waals surface area contributed by atoms with Crippen molar-refractivity contribution in [1.29, 1.82) is 0 Å². The number of morpholine rings is 1. The van der Waals surface area contributed by atoms with E-state index >= 15 is 0 Å². The second-order valence-corrected chi connectivity index (χ2v) is 11.0. The van der Waals surface area contributed by atoms with Gasteiger partial charge in [0.2, 0.25) is 5.91 Å². The van der Waals surface area contributed by atoms with Crippen molar-refractivity contribution in [3.63, 3.8) is 0 Å². The number of nitrogens with one attached hydrogen (secondary N) is 2. The minimum Gasteiger partial charge on any atom is -0.379 e. The zero-order valence-corrected chi connectivity index (χ0v) is 18.9. The van der Waals surface area contributed by atoms with E-state index < -0.39 is 0 Å². The number of hydrogen-bond acceptors (Lipinski definition) is 4. The molecule has 1 aromatic heterocycles. The topological polar surface area (TPSA) is 70.2 Å². The Kier molecular flexibility index (Phi) is 5.21. The first-order valence-corrected chi connectivity index (χ1v) is 12.0. The zero-order chi connectivity index (χ0) is 20.9. The predicted octanol–water partition coefficient (Wildman–Crippen LogP) is 3.09. The van der Waals surface area contributed by atoms with Gasteiger partial charge in [-0.2, -0.15) is 5.10 Å². The van der Waals surface area contributed by atoms with Crippen LogP contribution in [0.3, 0.4) is 0 Å². The fraction of sp³-hybridized carbons (Fsp3) is 0.833. The van der Waals surface area contributed by atoms with Gasteiger partial charge in [0, 0.05) is 48.8 Å². The van der Waals surface area contributed by atoms with Gasteiger partial charge in [0.05, 0.1) is 18.9 Å². The Morgan fingerprint density at radius 2 is 1.93 bits per heavy atom. The van der Waals surface area contributed by atoms with Crippen LogP contribution in [0.15, 0.2) is 0 Å². The number of carbonyl (C=O) groups is 1. The molecule has 0 aromatic carbocycles. The first-order valence-electron chi connectivity index (χ1n) is 12.0. The van der Waals surface area contributed by atoms with Crippen molar-refractivity contribution in [3.8, 4) is 0 Å². The van der Waals surface area contributed by atoms with Crippen molar-refractivity contribution in [3.05, 3.63) is 17.0 Å². The molecule has 0 radical (unpaired) electrons. The molecular weight excluding hydrogens is 376 g/mol. The average molecular weight is 415 g/mol. The lowest BCUT2D eigenvalue weighted by molar-refractivity contribution is -0.131. The number of aromatic amines is 1. The van der Waals surface area contributed by atoms with Crippen LogP contribution in [0.4, 0.5) is 0 Å². The fourth-order valence-corrected chi connectivity index (χ4v) is 8.10. The quantitative estimate of drug-likeness (QED) is 0.750. The van der Waals surface area contributed by atoms with Crippen LogP contribution < -0.4 is 5.32 Å². The number of aryl methyl sites for hydroxylation is 2. The SMILES string of the molecule is Cc1n[nH]c(C)c1C12CC3CC(CC(CC(=O)NCC(C)N4CCOCC4)(C3)C1)C2. The molecule has 3 unspecified atom stereocenters. The van der Waals surface area contributed by atoms with E-state index in [1.807, 2.05) is 0 Å². The van der Waals surface area contributed by atoms with Crippen molar-refractivity contribution >= 4 is 5.91 Å². The Morgan fingerprint density at radius 3 is 2.57 bits per heavy atom. The van der Waals surface area contributed by atoms with Crippen molar-refractivity contribution < 1.29 is 9.53 Å². The fourth-order valence-electron chi connectivity index (χ4n) is 8.10. The summed E-state index contributed by atoms with van der Waals surface area (Å²) in [6, 6.07) is 0.372. The third-order valence-electron chi connectivity index (χ3n) is 8.64. The molecule has 0 spiro atoms. The smallest absolute Gasteiger partial charge is 0.220 e. The van der Waals surface area contributed by atoms with Gasteiger partial charge in [-0.1, -0.05) is 0 Å². The second-order valence-electron chi connectivity index (χ2n) is 11.0. The van der Waals surface area contributed by atoms with Crippen molar-refractivity contribution in [2.75, 3.05) is 32.8 Å². The summed E-state index contributed by atoms with van der Waals surface area (Å²) in [5.74, 6) is 1.81. The Bertz CT molecular complexity index is 764. The minimum absolute atomic E-state index is 0.187. The molecule has 6 nitrogen and oxygen atoms in total. The number of nitrogens with zero attached hydrogens (tertiary/aromatic N) is 2. The number of H-pyrrole nitrogens is 1. The van der Waals surface area contributed by atoms with Crippen LogP contribution in [0.5, 0.6) is 0 Å².